The summed E-state index contributed by atoms with van der Waals surface area (Å²) < 4.78 is 36.6. The zero-order valence-electron chi connectivity index (χ0n) is 16.4. The fourth-order valence-electron chi connectivity index (χ4n) is 3.11. The number of nitrogens with one attached hydrogen (secondary N) is 1. The summed E-state index contributed by atoms with van der Waals surface area (Å²) in [6, 6.07) is 13.5. The van der Waals surface area contributed by atoms with E-state index in [2.05, 4.69) is 11.9 Å². The zero-order chi connectivity index (χ0) is 21.1. The van der Waals surface area contributed by atoms with Gasteiger partial charge in [0.25, 0.3) is 0 Å². The molecule has 0 saturated carbocycles. The fourth-order valence-corrected chi connectivity index (χ4v) is 4.96. The van der Waals surface area contributed by atoms with Crippen LogP contribution in [0.15, 0.2) is 61.2 Å². The Morgan fingerprint density at radius 3 is 2.38 bits per heavy atom. The first-order valence-electron chi connectivity index (χ1n) is 9.13. The summed E-state index contributed by atoms with van der Waals surface area (Å²) in [6.07, 6.45) is 1.82. The van der Waals surface area contributed by atoms with Crippen LogP contribution >= 0.6 is 0 Å². The van der Waals surface area contributed by atoms with Gasteiger partial charge >= 0.3 is 0 Å². The lowest BCUT2D eigenvalue weighted by Gasteiger charge is -2.25. The largest absolute Gasteiger partial charge is 0.497 e. The van der Waals surface area contributed by atoms with Gasteiger partial charge in [-0.05, 0) is 61.9 Å². The highest BCUT2D eigenvalue weighted by atomic mass is 32.2. The van der Waals surface area contributed by atoms with Gasteiger partial charge in [-0.2, -0.15) is 0 Å². The van der Waals surface area contributed by atoms with Gasteiger partial charge in [-0.3, -0.25) is 9.10 Å². The van der Waals surface area contributed by atoms with Crippen LogP contribution in [-0.4, -0.2) is 39.3 Å². The highest BCUT2D eigenvalue weighted by molar-refractivity contribution is 7.95. The van der Waals surface area contributed by atoms with E-state index in [9.17, 15) is 13.2 Å². The van der Waals surface area contributed by atoms with Gasteiger partial charge in [0, 0.05) is 12.2 Å². The molecule has 1 amide bonds. The lowest BCUT2D eigenvalue weighted by atomic mass is 10.1. The number of hydrogen-bond donors (Lipinski definition) is 1. The number of nitrogens with zero attached hydrogens (tertiary/aromatic N) is 1. The van der Waals surface area contributed by atoms with E-state index < -0.39 is 20.7 Å². The normalized spacial score (nSPS) is 20.1. The minimum atomic E-state index is -3.89. The second-order valence-corrected chi connectivity index (χ2v) is 9.13. The Kier molecular flexibility index (Phi) is 5.83. The van der Waals surface area contributed by atoms with E-state index in [1.54, 1.807) is 61.7 Å². The number of hydrogen-bond acceptors (Lipinski definition) is 5. The summed E-state index contributed by atoms with van der Waals surface area (Å²) in [4.78, 5) is 12.9. The monoisotopic (exact) mass is 416 g/mol. The van der Waals surface area contributed by atoms with E-state index in [4.69, 9.17) is 9.47 Å². The molecule has 29 heavy (non-hydrogen) atoms. The van der Waals surface area contributed by atoms with Crippen molar-refractivity contribution in [1.29, 1.82) is 0 Å². The van der Waals surface area contributed by atoms with Crippen molar-refractivity contribution >= 4 is 27.3 Å². The van der Waals surface area contributed by atoms with Crippen molar-refractivity contribution in [2.45, 2.75) is 18.1 Å². The smallest absolute Gasteiger partial charge is 0.249 e. The van der Waals surface area contributed by atoms with E-state index >= 15 is 0 Å². The molecule has 0 aliphatic carbocycles. The third-order valence-electron chi connectivity index (χ3n) is 4.97. The maximum Gasteiger partial charge on any atom is 0.249 e. The standard InChI is InChI=1S/C21H24N2O5S/c1-4-15-28-19-9-5-16(6-10-19)22-20(24)21(2)13-14-23(29(21,25)26)17-7-11-18(27-3)12-8-17/h4-12H,1,13-15H2,2-3H3,(H,22,24)/t21-/m1/s1. The van der Waals surface area contributed by atoms with Crippen molar-refractivity contribution < 1.29 is 22.7 Å². The van der Waals surface area contributed by atoms with E-state index in [0.29, 0.717) is 29.5 Å². The Morgan fingerprint density at radius 2 is 1.79 bits per heavy atom. The van der Waals surface area contributed by atoms with Gasteiger partial charge in [-0.25, -0.2) is 8.42 Å². The van der Waals surface area contributed by atoms with Crippen molar-refractivity contribution in [2.75, 3.05) is 29.9 Å². The van der Waals surface area contributed by atoms with Gasteiger partial charge in [0.15, 0.2) is 4.75 Å². The molecule has 0 spiro atoms. The number of benzene rings is 2. The number of amides is 1. The van der Waals surface area contributed by atoms with Crippen LogP contribution in [0.25, 0.3) is 0 Å². The highest BCUT2D eigenvalue weighted by Gasteiger charge is 2.54. The molecule has 8 heteroatoms. The average molecular weight is 416 g/mol. The summed E-state index contributed by atoms with van der Waals surface area (Å²) in [6.45, 7) is 5.65. The Hall–Kier alpha value is -3.00. The molecule has 2 aromatic carbocycles. The molecule has 1 aliphatic heterocycles. The predicted molar refractivity (Wildman–Crippen MR) is 113 cm³/mol. The Balaban J connectivity index is 1.76. The molecule has 2 aromatic rings. The first-order valence-corrected chi connectivity index (χ1v) is 10.6. The SMILES string of the molecule is C=CCOc1ccc(NC(=O)[C@@]2(C)CCN(c3ccc(OC)cc3)S2(=O)=O)cc1. The lowest BCUT2D eigenvalue weighted by molar-refractivity contribution is -0.118. The molecule has 1 saturated heterocycles. The molecule has 0 bridgehead atoms. The van der Waals surface area contributed by atoms with E-state index in [1.807, 2.05) is 0 Å². The molecule has 1 fully saturated rings. The number of carbonyl (C=O) groups is 1. The first-order chi connectivity index (χ1) is 13.8. The van der Waals surface area contributed by atoms with Gasteiger partial charge in [-0.15, -0.1) is 0 Å². The van der Waals surface area contributed by atoms with E-state index in [1.165, 1.54) is 11.2 Å². The molecule has 0 aromatic heterocycles. The molecule has 0 unspecified atom stereocenters. The summed E-state index contributed by atoms with van der Waals surface area (Å²) >= 11 is 0. The van der Waals surface area contributed by atoms with Crippen LogP contribution in [-0.2, 0) is 14.8 Å². The number of ether oxygens (including phenoxy) is 2. The van der Waals surface area contributed by atoms with Gasteiger partial charge < -0.3 is 14.8 Å². The maximum atomic E-state index is 13.2. The summed E-state index contributed by atoms with van der Waals surface area (Å²) in [5.41, 5.74) is 1.01. The van der Waals surface area contributed by atoms with Gasteiger partial charge in [0.2, 0.25) is 15.9 Å². The highest BCUT2D eigenvalue weighted by Crippen LogP contribution is 2.38. The molecule has 3 rings (SSSR count). The average Bonchev–Trinajstić information content (AvgIpc) is 2.97. The number of carbonyl (C=O) groups excluding carboxylic acids is 1. The molecule has 0 radical (unpaired) electrons. The van der Waals surface area contributed by atoms with Crippen LogP contribution in [0.1, 0.15) is 13.3 Å². The summed E-state index contributed by atoms with van der Waals surface area (Å²) in [7, 11) is -2.35. The minimum Gasteiger partial charge on any atom is -0.497 e. The fraction of sp³-hybridized carbons (Fsp3) is 0.286. The van der Waals surface area contributed by atoms with Gasteiger partial charge in [0.05, 0.1) is 12.8 Å². The van der Waals surface area contributed by atoms with Crippen LogP contribution < -0.4 is 19.1 Å². The van der Waals surface area contributed by atoms with Gasteiger partial charge in [-0.1, -0.05) is 12.7 Å². The van der Waals surface area contributed by atoms with Crippen LogP contribution in [0.2, 0.25) is 0 Å². The van der Waals surface area contributed by atoms with Crippen LogP contribution in [0.3, 0.4) is 0 Å². The molecular formula is C21H24N2O5S. The molecule has 1 aliphatic rings. The van der Waals surface area contributed by atoms with E-state index in [0.717, 1.165) is 0 Å². The second-order valence-electron chi connectivity index (χ2n) is 6.83. The van der Waals surface area contributed by atoms with Crippen LogP contribution in [0.5, 0.6) is 11.5 Å². The van der Waals surface area contributed by atoms with Crippen LogP contribution in [0, 0.1) is 0 Å². The predicted octanol–water partition coefficient (Wildman–Crippen LogP) is 3.20. The third-order valence-corrected chi connectivity index (χ3v) is 7.47. The third kappa shape index (κ3) is 3.93. The molecule has 1 N–H and O–H groups in total. The zero-order valence-corrected chi connectivity index (χ0v) is 17.2. The number of sulfonamides is 1. The van der Waals surface area contributed by atoms with Crippen molar-refractivity contribution in [3.05, 3.63) is 61.2 Å². The number of rotatable bonds is 7. The molecular weight excluding hydrogens is 392 g/mol. The number of methoxy groups -OCH3 is 1. The minimum absolute atomic E-state index is 0.188. The molecule has 1 atom stereocenters. The molecule has 7 nitrogen and oxygen atoms in total. The van der Waals surface area contributed by atoms with Crippen molar-refractivity contribution in [3.63, 3.8) is 0 Å². The quantitative estimate of drug-likeness (QED) is 0.701. The summed E-state index contributed by atoms with van der Waals surface area (Å²) in [5, 5.41) is 2.71. The molecule has 1 heterocycles. The van der Waals surface area contributed by atoms with Crippen molar-refractivity contribution in [3.8, 4) is 11.5 Å². The maximum absolute atomic E-state index is 13.2. The second kappa shape index (κ2) is 8.16. The summed E-state index contributed by atoms with van der Waals surface area (Å²) in [5.74, 6) is 0.702. The van der Waals surface area contributed by atoms with Gasteiger partial charge in [0.1, 0.15) is 18.1 Å². The van der Waals surface area contributed by atoms with Crippen molar-refractivity contribution in [2.24, 2.45) is 0 Å². The Bertz CT molecular complexity index is 987. The van der Waals surface area contributed by atoms with Crippen molar-refractivity contribution in [1.82, 2.24) is 0 Å². The Morgan fingerprint density at radius 1 is 1.17 bits per heavy atom. The van der Waals surface area contributed by atoms with Crippen LogP contribution in [0.4, 0.5) is 11.4 Å². The topological polar surface area (TPSA) is 84.9 Å². The lowest BCUT2D eigenvalue weighted by Crippen LogP contribution is -2.47. The van der Waals surface area contributed by atoms with E-state index in [-0.39, 0.29) is 13.0 Å². The number of anilines is 2. The first kappa shape index (κ1) is 20.7. The molecule has 154 valence electrons. The Labute approximate surface area is 171 Å².